The van der Waals surface area contributed by atoms with E-state index in [4.69, 9.17) is 15.6 Å². The van der Waals surface area contributed by atoms with Crippen LogP contribution in [0.15, 0.2) is 16.5 Å². The molecular formula is C13H13NO3. The van der Waals surface area contributed by atoms with Crippen LogP contribution in [0.5, 0.6) is 0 Å². The quantitative estimate of drug-likeness (QED) is 0.601. The van der Waals surface area contributed by atoms with Crippen molar-refractivity contribution in [3.8, 4) is 12.3 Å². The fourth-order valence-electron chi connectivity index (χ4n) is 1.80. The summed E-state index contributed by atoms with van der Waals surface area (Å²) in [6, 6.07) is 3.52. The lowest BCUT2D eigenvalue weighted by Crippen LogP contribution is -2.11. The average molecular weight is 231 g/mol. The SMILES string of the molecule is C#CCn1c(C(=O)OCC)cc2oc(C)cc21. The minimum absolute atomic E-state index is 0.316. The Balaban J connectivity index is 2.55. The van der Waals surface area contributed by atoms with Gasteiger partial charge in [-0.05, 0) is 13.8 Å². The zero-order valence-corrected chi connectivity index (χ0v) is 9.82. The second kappa shape index (κ2) is 4.38. The maximum atomic E-state index is 11.7. The molecule has 2 rings (SSSR count). The lowest BCUT2D eigenvalue weighted by atomic mass is 10.4. The minimum Gasteiger partial charge on any atom is -0.461 e. The van der Waals surface area contributed by atoms with Crippen molar-refractivity contribution in [3.63, 3.8) is 0 Å². The average Bonchev–Trinajstić information content (AvgIpc) is 2.77. The molecule has 2 aromatic rings. The highest BCUT2D eigenvalue weighted by atomic mass is 16.5. The van der Waals surface area contributed by atoms with E-state index in [9.17, 15) is 4.79 Å². The van der Waals surface area contributed by atoms with E-state index in [2.05, 4.69) is 5.92 Å². The highest BCUT2D eigenvalue weighted by Crippen LogP contribution is 2.24. The Hall–Kier alpha value is -2.15. The molecule has 0 saturated carbocycles. The van der Waals surface area contributed by atoms with Crippen LogP contribution in [0.4, 0.5) is 0 Å². The number of carbonyl (C=O) groups is 1. The number of terminal acetylenes is 1. The summed E-state index contributed by atoms with van der Waals surface area (Å²) in [6.07, 6.45) is 5.31. The smallest absolute Gasteiger partial charge is 0.355 e. The second-order valence-electron chi connectivity index (χ2n) is 3.65. The van der Waals surface area contributed by atoms with Gasteiger partial charge in [0.05, 0.1) is 18.7 Å². The van der Waals surface area contributed by atoms with E-state index in [0.29, 0.717) is 24.4 Å². The fraction of sp³-hybridized carbons (Fsp3) is 0.308. The molecule has 0 unspecified atom stereocenters. The van der Waals surface area contributed by atoms with E-state index in [-0.39, 0.29) is 5.97 Å². The monoisotopic (exact) mass is 231 g/mol. The van der Waals surface area contributed by atoms with Crippen LogP contribution in [0.25, 0.3) is 11.1 Å². The molecule has 0 bridgehead atoms. The number of esters is 1. The Kier molecular flexibility index (Phi) is 2.92. The summed E-state index contributed by atoms with van der Waals surface area (Å²) in [5.74, 6) is 2.93. The van der Waals surface area contributed by atoms with E-state index in [1.807, 2.05) is 13.0 Å². The van der Waals surface area contributed by atoms with Gasteiger partial charge in [0.25, 0.3) is 0 Å². The van der Waals surface area contributed by atoms with Crippen molar-refractivity contribution in [1.29, 1.82) is 0 Å². The molecule has 0 amide bonds. The molecule has 0 spiro atoms. The van der Waals surface area contributed by atoms with Gasteiger partial charge in [-0.25, -0.2) is 4.79 Å². The number of nitrogens with zero attached hydrogens (tertiary/aromatic N) is 1. The summed E-state index contributed by atoms with van der Waals surface area (Å²) >= 11 is 0. The van der Waals surface area contributed by atoms with Crippen LogP contribution >= 0.6 is 0 Å². The van der Waals surface area contributed by atoms with Crippen LogP contribution in [-0.4, -0.2) is 17.1 Å². The molecule has 0 fully saturated rings. The molecule has 4 heteroatoms. The van der Waals surface area contributed by atoms with Crippen LogP contribution in [-0.2, 0) is 11.3 Å². The Bertz CT molecular complexity index is 598. The molecule has 17 heavy (non-hydrogen) atoms. The molecule has 4 nitrogen and oxygen atoms in total. The molecule has 0 aliphatic heterocycles. The highest BCUT2D eigenvalue weighted by Gasteiger charge is 2.18. The van der Waals surface area contributed by atoms with Crippen LogP contribution in [0, 0.1) is 19.3 Å². The molecule has 0 aromatic carbocycles. The van der Waals surface area contributed by atoms with Crippen molar-refractivity contribution in [2.24, 2.45) is 0 Å². The second-order valence-corrected chi connectivity index (χ2v) is 3.65. The van der Waals surface area contributed by atoms with Gasteiger partial charge in [0, 0.05) is 12.1 Å². The van der Waals surface area contributed by atoms with Gasteiger partial charge in [-0.3, -0.25) is 0 Å². The molecule has 88 valence electrons. The van der Waals surface area contributed by atoms with Crippen LogP contribution < -0.4 is 0 Å². The summed E-state index contributed by atoms with van der Waals surface area (Å²) < 4.78 is 12.2. The number of aromatic nitrogens is 1. The normalized spacial score (nSPS) is 10.4. The van der Waals surface area contributed by atoms with Crippen LogP contribution in [0.3, 0.4) is 0 Å². The molecule has 0 atom stereocenters. The number of carbonyl (C=O) groups excluding carboxylic acids is 1. The Morgan fingerprint density at radius 2 is 2.35 bits per heavy atom. The number of ether oxygens (including phenoxy) is 1. The van der Waals surface area contributed by atoms with Gasteiger partial charge in [-0.2, -0.15) is 0 Å². The molecule has 0 radical (unpaired) electrons. The van der Waals surface area contributed by atoms with Crippen molar-refractivity contribution in [1.82, 2.24) is 4.57 Å². The predicted octanol–water partition coefficient (Wildman–Crippen LogP) is 2.35. The van der Waals surface area contributed by atoms with Crippen molar-refractivity contribution in [2.75, 3.05) is 6.61 Å². The summed E-state index contributed by atoms with van der Waals surface area (Å²) in [4.78, 5) is 11.7. The fourth-order valence-corrected chi connectivity index (χ4v) is 1.80. The first-order valence-electron chi connectivity index (χ1n) is 5.37. The first-order chi connectivity index (χ1) is 8.17. The maximum absolute atomic E-state index is 11.7. The molecule has 0 aliphatic rings. The third kappa shape index (κ3) is 1.92. The Morgan fingerprint density at radius 1 is 1.59 bits per heavy atom. The number of aryl methyl sites for hydroxylation is 1. The Morgan fingerprint density at radius 3 is 3.00 bits per heavy atom. The van der Waals surface area contributed by atoms with Crippen molar-refractivity contribution < 1.29 is 13.9 Å². The molecule has 0 aliphatic carbocycles. The van der Waals surface area contributed by atoms with Gasteiger partial charge in [0.2, 0.25) is 0 Å². The van der Waals surface area contributed by atoms with Gasteiger partial charge >= 0.3 is 5.97 Å². The Labute approximate surface area is 99.2 Å². The predicted molar refractivity (Wildman–Crippen MR) is 63.7 cm³/mol. The van der Waals surface area contributed by atoms with Crippen molar-refractivity contribution >= 4 is 17.1 Å². The highest BCUT2D eigenvalue weighted by molar-refractivity contribution is 5.94. The lowest BCUT2D eigenvalue weighted by Gasteiger charge is -2.05. The lowest BCUT2D eigenvalue weighted by molar-refractivity contribution is 0.0515. The maximum Gasteiger partial charge on any atom is 0.355 e. The zero-order valence-electron chi connectivity index (χ0n) is 9.82. The van der Waals surface area contributed by atoms with E-state index < -0.39 is 0 Å². The third-order valence-electron chi connectivity index (χ3n) is 2.45. The first kappa shape index (κ1) is 11.3. The summed E-state index contributed by atoms with van der Waals surface area (Å²) in [7, 11) is 0. The standard InChI is InChI=1S/C13H13NO3/c1-4-6-14-10-7-9(3)17-12(10)8-11(14)13(15)16-5-2/h1,7-8H,5-6H2,2-3H3. The van der Waals surface area contributed by atoms with Gasteiger partial charge in [0.15, 0.2) is 5.58 Å². The number of furan rings is 1. The first-order valence-corrected chi connectivity index (χ1v) is 5.37. The topological polar surface area (TPSA) is 44.4 Å². The number of hydrogen-bond donors (Lipinski definition) is 0. The van der Waals surface area contributed by atoms with E-state index in [0.717, 1.165) is 11.3 Å². The number of rotatable bonds is 3. The largest absolute Gasteiger partial charge is 0.461 e. The molecule has 0 saturated heterocycles. The van der Waals surface area contributed by atoms with Gasteiger partial charge in [-0.15, -0.1) is 6.42 Å². The summed E-state index contributed by atoms with van der Waals surface area (Å²) in [5.41, 5.74) is 1.91. The molecule has 0 N–H and O–H groups in total. The van der Waals surface area contributed by atoms with Gasteiger partial charge in [-0.1, -0.05) is 5.92 Å². The van der Waals surface area contributed by atoms with E-state index >= 15 is 0 Å². The summed E-state index contributed by atoms with van der Waals surface area (Å²) in [6.45, 7) is 4.27. The van der Waals surface area contributed by atoms with Gasteiger partial charge in [0.1, 0.15) is 11.5 Å². The zero-order chi connectivity index (χ0) is 12.4. The number of fused-ring (bicyclic) bond motifs is 1. The minimum atomic E-state index is -0.383. The van der Waals surface area contributed by atoms with E-state index in [1.54, 1.807) is 17.6 Å². The van der Waals surface area contributed by atoms with Crippen molar-refractivity contribution in [3.05, 3.63) is 23.6 Å². The molecular weight excluding hydrogens is 218 g/mol. The molecule has 2 heterocycles. The van der Waals surface area contributed by atoms with Crippen LogP contribution in [0.2, 0.25) is 0 Å². The van der Waals surface area contributed by atoms with E-state index in [1.165, 1.54) is 0 Å². The third-order valence-corrected chi connectivity index (χ3v) is 2.45. The van der Waals surface area contributed by atoms with Crippen LogP contribution in [0.1, 0.15) is 23.2 Å². The molecule has 2 aromatic heterocycles. The number of hydrogen-bond acceptors (Lipinski definition) is 3. The van der Waals surface area contributed by atoms with Crippen molar-refractivity contribution in [2.45, 2.75) is 20.4 Å². The van der Waals surface area contributed by atoms with Gasteiger partial charge < -0.3 is 13.7 Å². The summed E-state index contributed by atoms with van der Waals surface area (Å²) in [5, 5.41) is 0.